The number of aliphatic hydroxyl groups excluding tert-OH is 1. The minimum absolute atomic E-state index is 0.00954. The summed E-state index contributed by atoms with van der Waals surface area (Å²) >= 11 is 0. The van der Waals surface area contributed by atoms with Gasteiger partial charge < -0.3 is 14.6 Å². The van der Waals surface area contributed by atoms with Gasteiger partial charge >= 0.3 is 11.9 Å². The molecule has 6 nitrogen and oxygen atoms in total. The molecule has 0 amide bonds. The third-order valence-electron chi connectivity index (χ3n) is 11.0. The Morgan fingerprint density at radius 1 is 1.09 bits per heavy atom. The highest BCUT2D eigenvalue weighted by Gasteiger charge is 2.63. The van der Waals surface area contributed by atoms with Crippen LogP contribution >= 0.6 is 0 Å². The maximum atomic E-state index is 12.3. The van der Waals surface area contributed by atoms with Crippen molar-refractivity contribution >= 4 is 17.7 Å². The molecule has 3 saturated carbocycles. The van der Waals surface area contributed by atoms with Crippen LogP contribution in [-0.4, -0.2) is 43.2 Å². The molecule has 0 saturated heterocycles. The van der Waals surface area contributed by atoms with Gasteiger partial charge in [0.05, 0.1) is 20.3 Å². The number of ketones is 1. The van der Waals surface area contributed by atoms with E-state index in [1.807, 2.05) is 6.08 Å². The highest BCUT2D eigenvalue weighted by atomic mass is 16.5. The van der Waals surface area contributed by atoms with Crippen LogP contribution in [-0.2, 0) is 23.9 Å². The number of methoxy groups -OCH3 is 2. The van der Waals surface area contributed by atoms with Gasteiger partial charge in [0.15, 0.2) is 11.7 Å². The molecule has 0 radical (unpaired) electrons. The number of ether oxygens (including phenoxy) is 2. The maximum absolute atomic E-state index is 12.3. The van der Waals surface area contributed by atoms with Gasteiger partial charge in [-0.2, -0.15) is 0 Å². The Labute approximate surface area is 210 Å². The molecule has 0 aromatic carbocycles. The first kappa shape index (κ1) is 26.4. The molecule has 3 fully saturated rings. The number of carbonyl (C=O) groups excluding carboxylic acids is 3. The first-order valence-corrected chi connectivity index (χ1v) is 13.6. The molecular weight excluding hydrogens is 444 g/mol. The molecule has 9 atom stereocenters. The molecule has 0 heterocycles. The summed E-state index contributed by atoms with van der Waals surface area (Å²) in [5, 5.41) is 11.8. The summed E-state index contributed by atoms with van der Waals surface area (Å²) in [6, 6.07) is 0. The summed E-state index contributed by atoms with van der Waals surface area (Å²) in [5.41, 5.74) is 1.25. The third kappa shape index (κ3) is 4.08. The van der Waals surface area contributed by atoms with Crippen molar-refractivity contribution in [3.8, 4) is 0 Å². The second kappa shape index (κ2) is 9.64. The number of aliphatic hydroxyl groups is 1. The lowest BCUT2D eigenvalue weighted by Crippen LogP contribution is -2.58. The molecule has 1 N–H and O–H groups in total. The van der Waals surface area contributed by atoms with Crippen molar-refractivity contribution in [1.29, 1.82) is 0 Å². The minimum Gasteiger partial charge on any atom is -0.468 e. The van der Waals surface area contributed by atoms with E-state index >= 15 is 0 Å². The predicted octanol–water partition coefficient (Wildman–Crippen LogP) is 4.73. The Balaban J connectivity index is 1.62. The van der Waals surface area contributed by atoms with Crippen LogP contribution in [0.1, 0.15) is 79.1 Å². The number of esters is 2. The molecule has 4 aliphatic rings. The van der Waals surface area contributed by atoms with Crippen molar-refractivity contribution < 1.29 is 29.0 Å². The monoisotopic (exact) mass is 488 g/mol. The molecule has 0 aromatic rings. The Morgan fingerprint density at radius 3 is 2.34 bits per heavy atom. The summed E-state index contributed by atoms with van der Waals surface area (Å²) in [6.45, 7) is 9.03. The van der Waals surface area contributed by atoms with E-state index in [4.69, 9.17) is 9.47 Å². The van der Waals surface area contributed by atoms with E-state index in [0.29, 0.717) is 30.6 Å². The van der Waals surface area contributed by atoms with Crippen molar-refractivity contribution in [3.05, 3.63) is 11.6 Å². The number of hydrogen-bond acceptors (Lipinski definition) is 6. The lowest BCUT2D eigenvalue weighted by molar-refractivity contribution is -0.160. The zero-order valence-electron chi connectivity index (χ0n) is 22.3. The van der Waals surface area contributed by atoms with Gasteiger partial charge in [0.2, 0.25) is 0 Å². The van der Waals surface area contributed by atoms with E-state index in [0.717, 1.165) is 38.5 Å². The number of fused-ring (bicyclic) bond motifs is 5. The zero-order chi connectivity index (χ0) is 25.7. The molecule has 35 heavy (non-hydrogen) atoms. The van der Waals surface area contributed by atoms with E-state index in [-0.39, 0.29) is 34.4 Å². The first-order chi connectivity index (χ1) is 16.5. The quantitative estimate of drug-likeness (QED) is 0.429. The van der Waals surface area contributed by atoms with Crippen molar-refractivity contribution in [3.63, 3.8) is 0 Å². The summed E-state index contributed by atoms with van der Waals surface area (Å²) in [6.07, 6.45) is 8.47. The topological polar surface area (TPSA) is 89.9 Å². The largest absolute Gasteiger partial charge is 0.468 e. The second-order valence-corrected chi connectivity index (χ2v) is 12.3. The Kier molecular flexibility index (Phi) is 7.27. The lowest BCUT2D eigenvalue weighted by Gasteiger charge is -2.62. The van der Waals surface area contributed by atoms with Gasteiger partial charge in [-0.25, -0.2) is 0 Å². The van der Waals surface area contributed by atoms with Crippen molar-refractivity contribution in [2.45, 2.75) is 85.2 Å². The van der Waals surface area contributed by atoms with Crippen LogP contribution < -0.4 is 0 Å². The number of rotatable bonds is 6. The van der Waals surface area contributed by atoms with Crippen molar-refractivity contribution in [2.75, 3.05) is 14.2 Å². The summed E-state index contributed by atoms with van der Waals surface area (Å²) < 4.78 is 9.81. The van der Waals surface area contributed by atoms with E-state index < -0.39 is 24.0 Å². The molecule has 6 heteroatoms. The van der Waals surface area contributed by atoms with Gasteiger partial charge in [0.1, 0.15) is 0 Å². The fourth-order valence-electron chi connectivity index (χ4n) is 9.28. The van der Waals surface area contributed by atoms with Gasteiger partial charge in [0.25, 0.3) is 0 Å². The van der Waals surface area contributed by atoms with Gasteiger partial charge in [-0.1, -0.05) is 33.3 Å². The SMILES string of the molecule is CC[C@@H]1C2=CC(=O)CC[C@]2(C)C2CC[C@@]3(C)C(CCC3[C@H](C)CC(C(=O)OC)C(=O)OC)C2C1O. The van der Waals surface area contributed by atoms with Crippen LogP contribution in [0.5, 0.6) is 0 Å². The molecule has 5 unspecified atom stereocenters. The summed E-state index contributed by atoms with van der Waals surface area (Å²) in [4.78, 5) is 37.0. The standard InChI is InChI=1S/C29H44O6/c1-7-18-23-15-17(30)10-12-29(23,4)22-11-13-28(3)20(8-9-21(28)24(22)25(18)31)16(2)14-19(26(32)34-5)27(33)35-6/h15-16,18-22,24-25,31H,7-14H2,1-6H3/t16-,18-,20?,21?,22?,24?,25?,28-,29-/m1/s1. The normalized spacial score (nSPS) is 41.4. The smallest absolute Gasteiger partial charge is 0.320 e. The van der Waals surface area contributed by atoms with Crippen molar-refractivity contribution in [2.24, 2.45) is 52.3 Å². The minimum atomic E-state index is -0.893. The summed E-state index contributed by atoms with van der Waals surface area (Å²) in [7, 11) is 2.63. The number of hydrogen-bond donors (Lipinski definition) is 1. The van der Waals surface area contributed by atoms with E-state index in [2.05, 4.69) is 27.7 Å². The fourth-order valence-corrected chi connectivity index (χ4v) is 9.28. The average molecular weight is 489 g/mol. The zero-order valence-corrected chi connectivity index (χ0v) is 22.3. The Hall–Kier alpha value is -1.69. The molecule has 0 aromatic heterocycles. The van der Waals surface area contributed by atoms with Crippen LogP contribution in [0.4, 0.5) is 0 Å². The molecule has 0 spiro atoms. The fraction of sp³-hybridized carbons (Fsp3) is 0.828. The first-order valence-electron chi connectivity index (χ1n) is 13.6. The summed E-state index contributed by atoms with van der Waals surface area (Å²) in [5.74, 6) is -0.137. The van der Waals surface area contributed by atoms with Gasteiger partial charge in [-0.05, 0) is 91.4 Å². The lowest BCUT2D eigenvalue weighted by atomic mass is 9.43. The van der Waals surface area contributed by atoms with Crippen LogP contribution in [0.25, 0.3) is 0 Å². The van der Waals surface area contributed by atoms with Crippen LogP contribution in [0.2, 0.25) is 0 Å². The predicted molar refractivity (Wildman–Crippen MR) is 132 cm³/mol. The van der Waals surface area contributed by atoms with E-state index in [9.17, 15) is 19.5 Å². The van der Waals surface area contributed by atoms with E-state index in [1.165, 1.54) is 19.8 Å². The molecular formula is C29H44O6. The second-order valence-electron chi connectivity index (χ2n) is 12.3. The van der Waals surface area contributed by atoms with Gasteiger partial charge in [-0.15, -0.1) is 0 Å². The highest BCUT2D eigenvalue weighted by molar-refractivity contribution is 5.94. The molecule has 4 aliphatic carbocycles. The highest BCUT2D eigenvalue weighted by Crippen LogP contribution is 2.68. The Morgan fingerprint density at radius 2 is 1.74 bits per heavy atom. The van der Waals surface area contributed by atoms with Crippen LogP contribution in [0.3, 0.4) is 0 Å². The maximum Gasteiger partial charge on any atom is 0.320 e. The number of carbonyl (C=O) groups is 3. The Bertz CT molecular complexity index is 878. The van der Waals surface area contributed by atoms with E-state index in [1.54, 1.807) is 0 Å². The molecule has 0 bridgehead atoms. The average Bonchev–Trinajstić information content (AvgIpc) is 3.20. The molecule has 0 aliphatic heterocycles. The molecule has 196 valence electrons. The van der Waals surface area contributed by atoms with Crippen LogP contribution in [0.15, 0.2) is 11.6 Å². The molecule has 4 rings (SSSR count). The van der Waals surface area contributed by atoms with Gasteiger partial charge in [-0.3, -0.25) is 14.4 Å². The van der Waals surface area contributed by atoms with Crippen molar-refractivity contribution in [1.82, 2.24) is 0 Å². The third-order valence-corrected chi connectivity index (χ3v) is 11.0. The van der Waals surface area contributed by atoms with Gasteiger partial charge in [0, 0.05) is 12.3 Å². The van der Waals surface area contributed by atoms with Crippen LogP contribution in [0, 0.1) is 52.3 Å².